The van der Waals surface area contributed by atoms with Crippen molar-refractivity contribution < 1.29 is 26.4 Å². The average molecular weight is 350 g/mol. The molecule has 0 radical (unpaired) electrons. The number of nitrogens with zero attached hydrogens (tertiary/aromatic N) is 2. The normalized spacial score (nSPS) is 17.3. The second-order valence-corrected chi connectivity index (χ2v) is 7.24. The Morgan fingerprint density at radius 2 is 2.04 bits per heavy atom. The van der Waals surface area contributed by atoms with Crippen molar-refractivity contribution >= 4 is 21.6 Å². The quantitative estimate of drug-likeness (QED) is 0.837. The Kier molecular flexibility index (Phi) is 4.88. The maximum absolute atomic E-state index is 12.5. The Balaban J connectivity index is 2.27. The maximum Gasteiger partial charge on any atom is 0.406 e. The number of anilines is 1. The molecule has 1 saturated heterocycles. The minimum atomic E-state index is -4.48. The maximum atomic E-state index is 12.5. The zero-order valence-electron chi connectivity index (χ0n) is 12.5. The summed E-state index contributed by atoms with van der Waals surface area (Å²) in [5.41, 5.74) is 0.340. The molecule has 1 aliphatic rings. The average Bonchev–Trinajstić information content (AvgIpc) is 2.82. The molecule has 5 nitrogen and oxygen atoms in total. The van der Waals surface area contributed by atoms with Crippen LogP contribution in [0.15, 0.2) is 24.3 Å². The minimum absolute atomic E-state index is 0.0281. The number of hydrogen-bond acceptors (Lipinski definition) is 3. The number of rotatable bonds is 4. The summed E-state index contributed by atoms with van der Waals surface area (Å²) in [6.07, 6.45) is -4.00. The van der Waals surface area contributed by atoms with Crippen LogP contribution in [0.25, 0.3) is 0 Å². The van der Waals surface area contributed by atoms with E-state index in [1.54, 1.807) is 0 Å². The number of sulfonamides is 1. The molecule has 1 heterocycles. The topological polar surface area (TPSA) is 57.7 Å². The highest BCUT2D eigenvalue weighted by Crippen LogP contribution is 2.25. The Morgan fingerprint density at radius 3 is 2.57 bits per heavy atom. The van der Waals surface area contributed by atoms with Gasteiger partial charge in [-0.3, -0.25) is 9.10 Å². The molecular formula is C14H17F3N2O3S. The van der Waals surface area contributed by atoms with Gasteiger partial charge in [-0.05, 0) is 31.5 Å². The second-order valence-electron chi connectivity index (χ2n) is 5.23. The van der Waals surface area contributed by atoms with Crippen LogP contribution in [0.3, 0.4) is 0 Å². The first-order valence-electron chi connectivity index (χ1n) is 7.10. The SMILES string of the molecule is CCN(CC(F)(F)F)C(=O)c1cccc(N2CCCS2(=O)=O)c1. The standard InChI is InChI=1S/C14H17F3N2O3S/c1-2-18(10-14(15,16)17)13(20)11-5-3-6-12(9-11)19-7-4-8-23(19,21)22/h3,5-6,9H,2,4,7-8,10H2,1H3. The van der Waals surface area contributed by atoms with E-state index in [4.69, 9.17) is 0 Å². The van der Waals surface area contributed by atoms with Gasteiger partial charge < -0.3 is 4.90 Å². The summed E-state index contributed by atoms with van der Waals surface area (Å²) in [5, 5.41) is 0. The molecule has 2 rings (SSSR count). The minimum Gasteiger partial charge on any atom is -0.330 e. The molecule has 128 valence electrons. The molecule has 0 saturated carbocycles. The zero-order valence-corrected chi connectivity index (χ0v) is 13.3. The van der Waals surface area contributed by atoms with Crippen molar-refractivity contribution in [3.63, 3.8) is 0 Å². The van der Waals surface area contributed by atoms with Gasteiger partial charge in [0.1, 0.15) is 6.54 Å². The Morgan fingerprint density at radius 1 is 1.35 bits per heavy atom. The van der Waals surface area contributed by atoms with E-state index in [1.165, 1.54) is 35.5 Å². The predicted molar refractivity (Wildman–Crippen MR) is 79.8 cm³/mol. The molecule has 1 aromatic rings. The fraction of sp³-hybridized carbons (Fsp3) is 0.500. The van der Waals surface area contributed by atoms with E-state index >= 15 is 0 Å². The van der Waals surface area contributed by atoms with Crippen LogP contribution < -0.4 is 4.31 Å². The van der Waals surface area contributed by atoms with Crippen LogP contribution in [-0.2, 0) is 10.0 Å². The third kappa shape index (κ3) is 4.15. The van der Waals surface area contributed by atoms with Crippen molar-refractivity contribution in [1.82, 2.24) is 4.90 Å². The molecule has 1 amide bonds. The summed E-state index contributed by atoms with van der Waals surface area (Å²) < 4.78 is 62.5. The lowest BCUT2D eigenvalue weighted by molar-refractivity contribution is -0.140. The van der Waals surface area contributed by atoms with Crippen molar-refractivity contribution in [2.24, 2.45) is 0 Å². The molecule has 0 aliphatic carbocycles. The van der Waals surface area contributed by atoms with Crippen molar-refractivity contribution in [2.75, 3.05) is 29.7 Å². The first kappa shape index (κ1) is 17.6. The summed E-state index contributed by atoms with van der Waals surface area (Å²) in [6.45, 7) is 0.331. The van der Waals surface area contributed by atoms with Crippen molar-refractivity contribution in [1.29, 1.82) is 0 Å². The number of benzene rings is 1. The monoisotopic (exact) mass is 350 g/mol. The molecule has 23 heavy (non-hydrogen) atoms. The van der Waals surface area contributed by atoms with Crippen LogP contribution in [0.4, 0.5) is 18.9 Å². The summed E-state index contributed by atoms with van der Waals surface area (Å²) in [6, 6.07) is 5.70. The molecule has 1 aromatic carbocycles. The van der Waals surface area contributed by atoms with Crippen LogP contribution >= 0.6 is 0 Å². The van der Waals surface area contributed by atoms with Crippen LogP contribution in [-0.4, -0.2) is 50.8 Å². The van der Waals surface area contributed by atoms with E-state index in [0.717, 1.165) is 0 Å². The lowest BCUT2D eigenvalue weighted by atomic mass is 10.1. The van der Waals surface area contributed by atoms with Crippen LogP contribution in [0.2, 0.25) is 0 Å². The van der Waals surface area contributed by atoms with E-state index in [0.29, 0.717) is 23.6 Å². The van der Waals surface area contributed by atoms with Gasteiger partial charge in [-0.2, -0.15) is 13.2 Å². The van der Waals surface area contributed by atoms with Gasteiger partial charge in [0.15, 0.2) is 0 Å². The molecule has 0 spiro atoms. The Labute approximate surface area is 132 Å². The predicted octanol–water partition coefficient (Wildman–Crippen LogP) is 2.25. The summed E-state index contributed by atoms with van der Waals surface area (Å²) in [4.78, 5) is 12.9. The molecule has 0 atom stereocenters. The Bertz CT molecular complexity index is 689. The first-order valence-corrected chi connectivity index (χ1v) is 8.71. The summed E-state index contributed by atoms with van der Waals surface area (Å²) in [5.74, 6) is -0.747. The van der Waals surface area contributed by atoms with Gasteiger partial charge in [0.25, 0.3) is 5.91 Å². The molecule has 9 heteroatoms. The largest absolute Gasteiger partial charge is 0.406 e. The van der Waals surface area contributed by atoms with Crippen molar-refractivity contribution in [2.45, 2.75) is 19.5 Å². The Hall–Kier alpha value is -1.77. The lowest BCUT2D eigenvalue weighted by Gasteiger charge is -2.23. The number of carbonyl (C=O) groups excluding carboxylic acids is 1. The number of amides is 1. The molecule has 0 aromatic heterocycles. The smallest absolute Gasteiger partial charge is 0.330 e. The van der Waals surface area contributed by atoms with Crippen molar-refractivity contribution in [3.8, 4) is 0 Å². The molecule has 1 aliphatic heterocycles. The van der Waals surface area contributed by atoms with Gasteiger partial charge in [0, 0.05) is 18.7 Å². The number of carbonyl (C=O) groups is 1. The van der Waals surface area contributed by atoms with E-state index in [-0.39, 0.29) is 17.9 Å². The van der Waals surface area contributed by atoms with E-state index in [9.17, 15) is 26.4 Å². The highest BCUT2D eigenvalue weighted by atomic mass is 32.2. The fourth-order valence-corrected chi connectivity index (χ4v) is 4.01. The molecule has 0 bridgehead atoms. The van der Waals surface area contributed by atoms with Gasteiger partial charge in [-0.25, -0.2) is 8.42 Å². The van der Waals surface area contributed by atoms with Gasteiger partial charge >= 0.3 is 6.18 Å². The highest BCUT2D eigenvalue weighted by molar-refractivity contribution is 7.93. The van der Waals surface area contributed by atoms with E-state index < -0.39 is 28.7 Å². The van der Waals surface area contributed by atoms with E-state index in [2.05, 4.69) is 0 Å². The van der Waals surface area contributed by atoms with Gasteiger partial charge in [0.2, 0.25) is 10.0 Å². The summed E-state index contributed by atoms with van der Waals surface area (Å²) >= 11 is 0. The van der Waals surface area contributed by atoms with Crippen LogP contribution in [0, 0.1) is 0 Å². The van der Waals surface area contributed by atoms with Gasteiger partial charge in [-0.1, -0.05) is 6.07 Å². The van der Waals surface area contributed by atoms with Crippen LogP contribution in [0.5, 0.6) is 0 Å². The second kappa shape index (κ2) is 6.38. The van der Waals surface area contributed by atoms with Crippen LogP contribution in [0.1, 0.15) is 23.7 Å². The van der Waals surface area contributed by atoms with Gasteiger partial charge in [0.05, 0.1) is 11.4 Å². The highest BCUT2D eigenvalue weighted by Gasteiger charge is 2.33. The fourth-order valence-electron chi connectivity index (χ4n) is 2.45. The third-order valence-corrected chi connectivity index (χ3v) is 5.39. The third-order valence-electron chi connectivity index (χ3n) is 3.52. The first-order chi connectivity index (χ1) is 10.6. The molecule has 0 N–H and O–H groups in total. The number of halogens is 3. The molecule has 1 fully saturated rings. The summed E-state index contributed by atoms with van der Waals surface area (Å²) in [7, 11) is -3.41. The van der Waals surface area contributed by atoms with Gasteiger partial charge in [-0.15, -0.1) is 0 Å². The molecular weight excluding hydrogens is 333 g/mol. The lowest BCUT2D eigenvalue weighted by Crippen LogP contribution is -2.38. The number of hydrogen-bond donors (Lipinski definition) is 0. The zero-order chi connectivity index (χ0) is 17.3. The molecule has 0 unspecified atom stereocenters. The van der Waals surface area contributed by atoms with Crippen molar-refractivity contribution in [3.05, 3.63) is 29.8 Å². The number of alkyl halides is 3. The van der Waals surface area contributed by atoms with E-state index in [1.807, 2.05) is 0 Å².